The molecule has 2 atom stereocenters. The molecule has 0 fully saturated rings. The van der Waals surface area contributed by atoms with Crippen molar-refractivity contribution in [2.75, 3.05) is 13.6 Å². The highest BCUT2D eigenvalue weighted by Crippen LogP contribution is 2.17. The van der Waals surface area contributed by atoms with E-state index in [1.54, 1.807) is 0 Å². The number of benzene rings is 2. The number of nitrogens with one attached hydrogen (secondary N) is 2. The predicted octanol–water partition coefficient (Wildman–Crippen LogP) is 5.60. The first-order chi connectivity index (χ1) is 17.8. The Kier molecular flexibility index (Phi) is 12.3. The van der Waals surface area contributed by atoms with Gasteiger partial charge in [0.1, 0.15) is 18.4 Å². The van der Waals surface area contributed by atoms with Gasteiger partial charge in [-0.15, -0.1) is 0 Å². The number of hydrogen-bond acceptors (Lipinski definition) is 4. The lowest BCUT2D eigenvalue weighted by molar-refractivity contribution is -0.132. The molecule has 0 heterocycles. The molecular weight excluding hydrogens is 474 g/mol. The van der Waals surface area contributed by atoms with Crippen molar-refractivity contribution in [2.24, 2.45) is 11.8 Å². The molecule has 6 heteroatoms. The fraction of sp³-hybridized carbons (Fsp3) is 0.562. The van der Waals surface area contributed by atoms with Crippen LogP contribution in [-0.4, -0.2) is 47.9 Å². The van der Waals surface area contributed by atoms with Gasteiger partial charge >= 0.3 is 0 Å². The molecule has 0 aliphatic rings. The number of likely N-dealkylation sites (N-methyl/N-ethyl adjacent to an activating group) is 1. The topological polar surface area (TPSA) is 70.7 Å². The number of ether oxygens (including phenoxy) is 1. The van der Waals surface area contributed by atoms with Crippen LogP contribution in [0.3, 0.4) is 0 Å². The van der Waals surface area contributed by atoms with E-state index >= 15 is 0 Å². The van der Waals surface area contributed by atoms with Crippen LogP contribution in [0.4, 0.5) is 0 Å². The number of carbonyl (C=O) groups is 2. The predicted molar refractivity (Wildman–Crippen MR) is 156 cm³/mol. The molecule has 210 valence electrons. The Labute approximate surface area is 230 Å². The highest BCUT2D eigenvalue weighted by molar-refractivity contribution is 5.90. The largest absolute Gasteiger partial charge is 0.489 e. The van der Waals surface area contributed by atoms with Crippen molar-refractivity contribution in [3.63, 3.8) is 0 Å². The number of hydrogen-bond donors (Lipinski definition) is 2. The third-order valence-electron chi connectivity index (χ3n) is 6.33. The second-order valence-electron chi connectivity index (χ2n) is 12.2. The molecule has 0 radical (unpaired) electrons. The van der Waals surface area contributed by atoms with Crippen LogP contribution in [0.2, 0.25) is 0 Å². The Balaban J connectivity index is 2.14. The first-order valence-electron chi connectivity index (χ1n) is 13.9. The first kappa shape index (κ1) is 31.4. The smallest absolute Gasteiger partial charge is 0.243 e. The maximum Gasteiger partial charge on any atom is 0.243 e. The zero-order valence-electron chi connectivity index (χ0n) is 24.7. The molecule has 0 saturated carbocycles. The standard InChI is InChI=1S/C32H49N3O3/c1-23(2)18-19-35(8)29(20-24(3)4)31(37)33-28(30(36)34-32(5,6)7)21-25-14-16-27(17-15-25)38-22-26-12-10-9-11-13-26/h9-17,23-24,28-29H,18-22H2,1-8H3,(H,33,37)(H,34,36)/t28-,29+/m1/s1. The quantitative estimate of drug-likeness (QED) is 0.338. The van der Waals surface area contributed by atoms with Gasteiger partial charge in [0.25, 0.3) is 0 Å². The molecule has 0 bridgehead atoms. The highest BCUT2D eigenvalue weighted by Gasteiger charge is 2.30. The van der Waals surface area contributed by atoms with Crippen LogP contribution in [-0.2, 0) is 22.6 Å². The van der Waals surface area contributed by atoms with Crippen LogP contribution in [0.25, 0.3) is 0 Å². The highest BCUT2D eigenvalue weighted by atomic mass is 16.5. The normalized spacial score (nSPS) is 13.4. The van der Waals surface area contributed by atoms with E-state index in [1.165, 1.54) is 0 Å². The minimum atomic E-state index is -0.675. The lowest BCUT2D eigenvalue weighted by Gasteiger charge is -2.31. The summed E-state index contributed by atoms with van der Waals surface area (Å²) in [6, 6.07) is 16.8. The summed E-state index contributed by atoms with van der Waals surface area (Å²) in [5.74, 6) is 1.41. The third kappa shape index (κ3) is 11.7. The molecule has 2 aromatic carbocycles. The molecule has 0 saturated heterocycles. The minimum Gasteiger partial charge on any atom is -0.489 e. The maximum absolute atomic E-state index is 13.6. The van der Waals surface area contributed by atoms with E-state index < -0.39 is 11.6 Å². The Morgan fingerprint density at radius 1 is 0.868 bits per heavy atom. The zero-order chi connectivity index (χ0) is 28.3. The van der Waals surface area contributed by atoms with Gasteiger partial charge < -0.3 is 15.4 Å². The van der Waals surface area contributed by atoms with Gasteiger partial charge in [-0.25, -0.2) is 0 Å². The van der Waals surface area contributed by atoms with E-state index in [-0.39, 0.29) is 17.9 Å². The maximum atomic E-state index is 13.6. The number of carbonyl (C=O) groups excluding carboxylic acids is 2. The molecule has 0 spiro atoms. The number of amides is 2. The summed E-state index contributed by atoms with van der Waals surface area (Å²) in [6.07, 6.45) is 2.16. The molecule has 2 amide bonds. The monoisotopic (exact) mass is 523 g/mol. The number of nitrogens with zero attached hydrogens (tertiary/aromatic N) is 1. The average Bonchev–Trinajstić information content (AvgIpc) is 2.84. The fourth-order valence-corrected chi connectivity index (χ4v) is 4.18. The molecule has 0 aromatic heterocycles. The van der Waals surface area contributed by atoms with Gasteiger partial charge in [-0.2, -0.15) is 0 Å². The molecule has 0 aliphatic heterocycles. The Morgan fingerprint density at radius 2 is 1.50 bits per heavy atom. The van der Waals surface area contributed by atoms with E-state index in [4.69, 9.17) is 4.74 Å². The van der Waals surface area contributed by atoms with E-state index in [9.17, 15) is 9.59 Å². The summed E-state index contributed by atoms with van der Waals surface area (Å²) in [4.78, 5) is 29.0. The first-order valence-corrected chi connectivity index (χ1v) is 13.9. The summed E-state index contributed by atoms with van der Waals surface area (Å²) >= 11 is 0. The van der Waals surface area contributed by atoms with E-state index in [0.29, 0.717) is 24.9 Å². The minimum absolute atomic E-state index is 0.0955. The molecule has 2 N–H and O–H groups in total. The summed E-state index contributed by atoms with van der Waals surface area (Å²) in [5, 5.41) is 6.15. The summed E-state index contributed by atoms with van der Waals surface area (Å²) < 4.78 is 5.91. The van der Waals surface area contributed by atoms with Crippen molar-refractivity contribution in [3.8, 4) is 5.75 Å². The van der Waals surface area contributed by atoms with Crippen molar-refractivity contribution >= 4 is 11.8 Å². The van der Waals surface area contributed by atoms with Crippen molar-refractivity contribution < 1.29 is 14.3 Å². The zero-order valence-corrected chi connectivity index (χ0v) is 24.7. The molecule has 2 aromatic rings. The van der Waals surface area contributed by atoms with Gasteiger partial charge in [-0.3, -0.25) is 14.5 Å². The second kappa shape index (κ2) is 14.9. The molecule has 0 aliphatic carbocycles. The summed E-state index contributed by atoms with van der Waals surface area (Å²) in [7, 11) is 2.01. The Bertz CT molecular complexity index is 981. The molecule has 2 rings (SSSR count). The van der Waals surface area contributed by atoms with Gasteiger partial charge in [0.05, 0.1) is 6.04 Å². The summed E-state index contributed by atoms with van der Waals surface area (Å²) in [5.41, 5.74) is 1.66. The average molecular weight is 524 g/mol. The number of rotatable bonds is 14. The molecule has 0 unspecified atom stereocenters. The van der Waals surface area contributed by atoms with E-state index in [2.05, 4.69) is 43.2 Å². The molecule has 38 heavy (non-hydrogen) atoms. The lowest BCUT2D eigenvalue weighted by Crippen LogP contribution is -2.56. The van der Waals surface area contributed by atoms with Crippen LogP contribution in [0.15, 0.2) is 54.6 Å². The molecule has 6 nitrogen and oxygen atoms in total. The Morgan fingerprint density at radius 3 is 2.05 bits per heavy atom. The van der Waals surface area contributed by atoms with Crippen LogP contribution >= 0.6 is 0 Å². The van der Waals surface area contributed by atoms with Gasteiger partial charge in [0.15, 0.2) is 0 Å². The van der Waals surface area contributed by atoms with Crippen LogP contribution < -0.4 is 15.4 Å². The molecular formula is C32H49N3O3. The summed E-state index contributed by atoms with van der Waals surface area (Å²) in [6.45, 7) is 15.8. The van der Waals surface area contributed by atoms with Crippen molar-refractivity contribution in [1.82, 2.24) is 15.5 Å². The SMILES string of the molecule is CC(C)CCN(C)[C@@H](CC(C)C)C(=O)N[C@H](Cc1ccc(OCc2ccccc2)cc1)C(=O)NC(C)(C)C. The fourth-order valence-electron chi connectivity index (χ4n) is 4.18. The van der Waals surface area contributed by atoms with Gasteiger partial charge in [-0.1, -0.05) is 70.2 Å². The lowest BCUT2D eigenvalue weighted by atomic mass is 9.99. The van der Waals surface area contributed by atoms with Crippen molar-refractivity contribution in [1.29, 1.82) is 0 Å². The van der Waals surface area contributed by atoms with Crippen molar-refractivity contribution in [3.05, 3.63) is 65.7 Å². The second-order valence-corrected chi connectivity index (χ2v) is 12.2. The Hall–Kier alpha value is -2.86. The van der Waals surface area contributed by atoms with E-state index in [1.807, 2.05) is 82.4 Å². The van der Waals surface area contributed by atoms with Gasteiger partial charge in [0, 0.05) is 12.0 Å². The van der Waals surface area contributed by atoms with Crippen molar-refractivity contribution in [2.45, 2.75) is 92.0 Å². The van der Waals surface area contributed by atoms with Crippen LogP contribution in [0.1, 0.15) is 72.4 Å². The van der Waals surface area contributed by atoms with Gasteiger partial charge in [-0.05, 0) is 82.3 Å². The van der Waals surface area contributed by atoms with Gasteiger partial charge in [0.2, 0.25) is 11.8 Å². The van der Waals surface area contributed by atoms with Crippen LogP contribution in [0.5, 0.6) is 5.75 Å². The third-order valence-corrected chi connectivity index (χ3v) is 6.33. The van der Waals surface area contributed by atoms with E-state index in [0.717, 1.165) is 36.3 Å². The van der Waals surface area contributed by atoms with Crippen LogP contribution in [0, 0.1) is 11.8 Å².